The zero-order valence-electron chi connectivity index (χ0n) is 13.0. The van der Waals surface area contributed by atoms with Gasteiger partial charge in [-0.1, -0.05) is 6.07 Å². The summed E-state index contributed by atoms with van der Waals surface area (Å²) in [4.78, 5) is 9.80. The average molecular weight is 312 g/mol. The molecule has 5 heteroatoms. The minimum Gasteiger partial charge on any atom is -0.353 e. The fraction of sp³-hybridized carbons (Fsp3) is 0.353. The Bertz CT molecular complexity index is 726. The molecule has 114 valence electrons. The normalized spacial score (nSPS) is 18.1. The molecule has 0 saturated carbocycles. The quantitative estimate of drug-likeness (QED) is 0.808. The van der Waals surface area contributed by atoms with Crippen LogP contribution in [-0.2, 0) is 0 Å². The summed E-state index contributed by atoms with van der Waals surface area (Å²) < 4.78 is 0. The number of fused-ring (bicyclic) bond motifs is 2. The molecular formula is C17H20N4S. The van der Waals surface area contributed by atoms with Gasteiger partial charge in [0, 0.05) is 36.9 Å². The second kappa shape index (κ2) is 5.41. The molecular weight excluding hydrogens is 292 g/mol. The highest BCUT2D eigenvalue weighted by Crippen LogP contribution is 2.37. The largest absolute Gasteiger partial charge is 0.353 e. The molecule has 0 amide bonds. The number of hydrogen-bond donors (Lipinski definition) is 1. The van der Waals surface area contributed by atoms with E-state index in [-0.39, 0.29) is 0 Å². The van der Waals surface area contributed by atoms with Crippen molar-refractivity contribution in [3.63, 3.8) is 0 Å². The molecule has 0 unspecified atom stereocenters. The van der Waals surface area contributed by atoms with Crippen molar-refractivity contribution in [3.8, 4) is 0 Å². The van der Waals surface area contributed by atoms with Crippen molar-refractivity contribution in [1.29, 1.82) is 0 Å². The van der Waals surface area contributed by atoms with Crippen LogP contribution in [0.5, 0.6) is 0 Å². The molecule has 0 spiro atoms. The molecule has 1 N–H and O–H groups in total. The third kappa shape index (κ3) is 2.40. The van der Waals surface area contributed by atoms with Crippen LogP contribution in [-0.4, -0.2) is 48.9 Å². The summed E-state index contributed by atoms with van der Waals surface area (Å²) in [5, 5.41) is 7.95. The highest BCUT2D eigenvalue weighted by molar-refractivity contribution is 7.08. The molecule has 2 aliphatic rings. The van der Waals surface area contributed by atoms with E-state index in [1.807, 2.05) is 0 Å². The van der Waals surface area contributed by atoms with E-state index in [0.29, 0.717) is 0 Å². The number of thiophene rings is 1. The van der Waals surface area contributed by atoms with Gasteiger partial charge in [-0.2, -0.15) is 0 Å². The molecule has 2 aromatic rings. The van der Waals surface area contributed by atoms with Gasteiger partial charge in [0.05, 0.1) is 22.6 Å². The molecule has 3 heterocycles. The maximum atomic E-state index is 5.01. The summed E-state index contributed by atoms with van der Waals surface area (Å²) >= 11 is 1.73. The minimum absolute atomic E-state index is 1.03. The lowest BCUT2D eigenvalue weighted by Crippen LogP contribution is -2.47. The molecule has 1 aromatic heterocycles. The van der Waals surface area contributed by atoms with E-state index in [4.69, 9.17) is 4.99 Å². The summed E-state index contributed by atoms with van der Waals surface area (Å²) in [7, 11) is 2.18. The van der Waals surface area contributed by atoms with Crippen LogP contribution in [0.3, 0.4) is 0 Å². The molecule has 22 heavy (non-hydrogen) atoms. The molecule has 1 aromatic carbocycles. The third-order valence-electron chi connectivity index (χ3n) is 4.35. The van der Waals surface area contributed by atoms with Crippen molar-refractivity contribution in [3.05, 3.63) is 40.1 Å². The number of rotatable bonds is 0. The zero-order chi connectivity index (χ0) is 15.1. The summed E-state index contributed by atoms with van der Waals surface area (Å²) in [6.07, 6.45) is 0. The van der Waals surface area contributed by atoms with Crippen LogP contribution in [0.4, 0.5) is 17.1 Å². The molecule has 0 atom stereocenters. The predicted molar refractivity (Wildman–Crippen MR) is 94.0 cm³/mol. The SMILES string of the molecule is Cc1ccc2c(c1)Nc1cscc1C(N1CCN(C)CC1)=N2. The van der Waals surface area contributed by atoms with Crippen molar-refractivity contribution < 1.29 is 0 Å². The number of hydrogen-bond acceptors (Lipinski definition) is 5. The van der Waals surface area contributed by atoms with Crippen LogP contribution in [0.2, 0.25) is 0 Å². The maximum Gasteiger partial charge on any atom is 0.139 e. The molecule has 0 aliphatic carbocycles. The van der Waals surface area contributed by atoms with Crippen LogP contribution in [0.15, 0.2) is 34.0 Å². The Kier molecular flexibility index (Phi) is 3.39. The number of benzene rings is 1. The monoisotopic (exact) mass is 312 g/mol. The first kappa shape index (κ1) is 13.8. The van der Waals surface area contributed by atoms with Gasteiger partial charge in [-0.3, -0.25) is 0 Å². The maximum absolute atomic E-state index is 5.01. The van der Waals surface area contributed by atoms with Gasteiger partial charge >= 0.3 is 0 Å². The summed E-state index contributed by atoms with van der Waals surface area (Å²) in [6.45, 7) is 6.36. The fourth-order valence-corrected chi connectivity index (χ4v) is 3.75. The van der Waals surface area contributed by atoms with Crippen molar-refractivity contribution in [2.24, 2.45) is 4.99 Å². The highest BCUT2D eigenvalue weighted by atomic mass is 32.1. The number of aliphatic imine (C=N–C) groups is 1. The van der Waals surface area contributed by atoms with Gasteiger partial charge in [0.2, 0.25) is 0 Å². The van der Waals surface area contributed by atoms with E-state index in [9.17, 15) is 0 Å². The lowest BCUT2D eigenvalue weighted by Gasteiger charge is -2.34. The number of likely N-dealkylation sites (N-methyl/N-ethyl adjacent to an activating group) is 1. The number of nitrogens with zero attached hydrogens (tertiary/aromatic N) is 3. The zero-order valence-corrected chi connectivity index (χ0v) is 13.8. The van der Waals surface area contributed by atoms with E-state index in [0.717, 1.165) is 43.4 Å². The van der Waals surface area contributed by atoms with Crippen LogP contribution in [0, 0.1) is 6.92 Å². The highest BCUT2D eigenvalue weighted by Gasteiger charge is 2.24. The van der Waals surface area contributed by atoms with E-state index >= 15 is 0 Å². The predicted octanol–water partition coefficient (Wildman–Crippen LogP) is 3.44. The Morgan fingerprint density at radius 3 is 2.73 bits per heavy atom. The minimum atomic E-state index is 1.03. The Morgan fingerprint density at radius 1 is 1.09 bits per heavy atom. The Hall–Kier alpha value is -1.85. The van der Waals surface area contributed by atoms with Crippen molar-refractivity contribution >= 4 is 34.2 Å². The summed E-state index contributed by atoms with van der Waals surface area (Å²) in [5.41, 5.74) is 5.78. The first-order chi connectivity index (χ1) is 10.7. The van der Waals surface area contributed by atoms with Gasteiger partial charge < -0.3 is 15.1 Å². The van der Waals surface area contributed by atoms with Crippen LogP contribution < -0.4 is 5.32 Å². The first-order valence-electron chi connectivity index (χ1n) is 7.67. The van der Waals surface area contributed by atoms with E-state index < -0.39 is 0 Å². The molecule has 0 radical (unpaired) electrons. The van der Waals surface area contributed by atoms with Gasteiger partial charge in [-0.25, -0.2) is 4.99 Å². The summed E-state index contributed by atoms with van der Waals surface area (Å²) in [6, 6.07) is 6.42. The number of amidine groups is 1. The smallest absolute Gasteiger partial charge is 0.139 e. The standard InChI is InChI=1S/C17H20N4S/c1-12-3-4-14-15(9-12)18-16-11-22-10-13(16)17(19-14)21-7-5-20(2)6-8-21/h3-4,9-11,18H,5-8H2,1-2H3. The molecule has 4 nitrogen and oxygen atoms in total. The second-order valence-corrected chi connectivity index (χ2v) is 6.81. The summed E-state index contributed by atoms with van der Waals surface area (Å²) in [5.74, 6) is 1.11. The lowest BCUT2D eigenvalue weighted by molar-refractivity contribution is 0.216. The first-order valence-corrected chi connectivity index (χ1v) is 8.61. The van der Waals surface area contributed by atoms with Crippen LogP contribution in [0.25, 0.3) is 0 Å². The van der Waals surface area contributed by atoms with Gasteiger partial charge in [0.15, 0.2) is 0 Å². The number of aryl methyl sites for hydroxylation is 1. The molecule has 1 saturated heterocycles. The van der Waals surface area contributed by atoms with Gasteiger partial charge in [-0.15, -0.1) is 11.3 Å². The van der Waals surface area contributed by atoms with E-state index in [1.54, 1.807) is 11.3 Å². The molecule has 2 aliphatic heterocycles. The lowest BCUT2D eigenvalue weighted by atomic mass is 10.2. The van der Waals surface area contributed by atoms with Gasteiger partial charge in [0.1, 0.15) is 5.84 Å². The van der Waals surface area contributed by atoms with Gasteiger partial charge in [-0.05, 0) is 31.7 Å². The second-order valence-electron chi connectivity index (χ2n) is 6.07. The number of piperazine rings is 1. The third-order valence-corrected chi connectivity index (χ3v) is 5.10. The van der Waals surface area contributed by atoms with Crippen molar-refractivity contribution in [1.82, 2.24) is 9.80 Å². The fourth-order valence-electron chi connectivity index (χ4n) is 2.99. The van der Waals surface area contributed by atoms with Crippen molar-refractivity contribution in [2.45, 2.75) is 6.92 Å². The van der Waals surface area contributed by atoms with Crippen LogP contribution in [0.1, 0.15) is 11.1 Å². The van der Waals surface area contributed by atoms with E-state index in [1.165, 1.54) is 16.8 Å². The average Bonchev–Trinajstić information content (AvgIpc) is 2.90. The Morgan fingerprint density at radius 2 is 1.91 bits per heavy atom. The molecule has 1 fully saturated rings. The van der Waals surface area contributed by atoms with Crippen molar-refractivity contribution in [2.75, 3.05) is 38.5 Å². The van der Waals surface area contributed by atoms with Crippen LogP contribution >= 0.6 is 11.3 Å². The Labute approximate surface area is 135 Å². The van der Waals surface area contributed by atoms with Gasteiger partial charge in [0.25, 0.3) is 0 Å². The number of anilines is 2. The van der Waals surface area contributed by atoms with E-state index in [2.05, 4.69) is 58.0 Å². The number of nitrogens with one attached hydrogen (secondary N) is 1. The topological polar surface area (TPSA) is 30.9 Å². The Balaban J connectivity index is 1.79. The molecule has 0 bridgehead atoms. The molecule has 4 rings (SSSR count).